The number of carbonyl (C=O) groups is 1. The molecule has 2 unspecified atom stereocenters. The normalized spacial score (nSPS) is 41.4. The molecule has 1 aliphatic heterocycles. The molecule has 2 N–H and O–H groups in total. The molecule has 5 rings (SSSR count). The van der Waals surface area contributed by atoms with Crippen molar-refractivity contribution in [1.29, 1.82) is 5.26 Å². The van der Waals surface area contributed by atoms with Crippen LogP contribution >= 0.6 is 0 Å². The van der Waals surface area contributed by atoms with Crippen LogP contribution in [0.3, 0.4) is 0 Å². The highest BCUT2D eigenvalue weighted by Crippen LogP contribution is 2.57. The Morgan fingerprint density at radius 2 is 1.88 bits per heavy atom. The maximum Gasteiger partial charge on any atom is 0.237 e. The molecule has 8 heteroatoms. The van der Waals surface area contributed by atoms with Crippen molar-refractivity contribution in [2.24, 2.45) is 11.8 Å². The minimum absolute atomic E-state index is 0.00471. The lowest BCUT2D eigenvalue weighted by atomic mass is 9.50. The third-order valence-electron chi connectivity index (χ3n) is 6.80. The van der Waals surface area contributed by atoms with Gasteiger partial charge in [-0.25, -0.2) is 13.1 Å². The fourth-order valence-electron chi connectivity index (χ4n) is 6.55. The second-order valence-corrected chi connectivity index (χ2v) is 10.9. The predicted molar refractivity (Wildman–Crippen MR) is 96.5 cm³/mol. The van der Waals surface area contributed by atoms with Gasteiger partial charge in [-0.05, 0) is 63.2 Å². The zero-order chi connectivity index (χ0) is 18.6. The summed E-state index contributed by atoms with van der Waals surface area (Å²) in [5, 5.41) is 12.7. The molecule has 5 aliphatic rings. The molecule has 144 valence electrons. The standard InChI is InChI=1S/C18H28N4O3S/c1-26(24,25)21-18-8-13-5-14(9-18)7-17(6-13,12-18)20-11-16(23)22-4-2-3-15(22)10-19/h13-15,20-21H,2-9,11-12H2,1H3/t13?,14?,15-,17?,18?/m0/s1. The van der Waals surface area contributed by atoms with Crippen LogP contribution in [0.2, 0.25) is 0 Å². The Morgan fingerprint density at radius 3 is 2.50 bits per heavy atom. The topological polar surface area (TPSA) is 102 Å². The van der Waals surface area contributed by atoms with Crippen LogP contribution in [0.15, 0.2) is 0 Å². The summed E-state index contributed by atoms with van der Waals surface area (Å²) in [6.45, 7) is 0.906. The highest BCUT2D eigenvalue weighted by Gasteiger charge is 2.58. The van der Waals surface area contributed by atoms with Gasteiger partial charge < -0.3 is 10.2 Å². The number of hydrogen-bond acceptors (Lipinski definition) is 5. The molecule has 3 atom stereocenters. The van der Waals surface area contributed by atoms with Crippen LogP contribution in [0.25, 0.3) is 0 Å². The first kappa shape index (κ1) is 18.2. The molecule has 5 fully saturated rings. The second-order valence-electron chi connectivity index (χ2n) is 9.12. The first-order valence-corrected chi connectivity index (χ1v) is 11.5. The number of nitriles is 1. The molecule has 1 heterocycles. The average molecular weight is 381 g/mol. The van der Waals surface area contributed by atoms with Crippen molar-refractivity contribution < 1.29 is 13.2 Å². The van der Waals surface area contributed by atoms with Crippen molar-refractivity contribution >= 4 is 15.9 Å². The summed E-state index contributed by atoms with van der Waals surface area (Å²) < 4.78 is 26.8. The molecule has 1 amide bonds. The molecule has 0 aromatic rings. The van der Waals surface area contributed by atoms with E-state index in [1.165, 1.54) is 12.7 Å². The minimum Gasteiger partial charge on any atom is -0.326 e. The first-order valence-electron chi connectivity index (χ1n) is 9.65. The highest BCUT2D eigenvalue weighted by molar-refractivity contribution is 7.88. The molecular formula is C18H28N4O3S. The Morgan fingerprint density at radius 1 is 1.23 bits per heavy atom. The summed E-state index contributed by atoms with van der Waals surface area (Å²) in [6.07, 6.45) is 8.69. The summed E-state index contributed by atoms with van der Waals surface area (Å²) >= 11 is 0. The molecule has 0 radical (unpaired) electrons. The number of amides is 1. The van der Waals surface area contributed by atoms with Crippen LogP contribution in [0.4, 0.5) is 0 Å². The van der Waals surface area contributed by atoms with Crippen LogP contribution < -0.4 is 10.0 Å². The van der Waals surface area contributed by atoms with E-state index in [0.717, 1.165) is 44.9 Å². The van der Waals surface area contributed by atoms with Crippen molar-refractivity contribution in [3.63, 3.8) is 0 Å². The molecule has 4 saturated carbocycles. The number of sulfonamides is 1. The largest absolute Gasteiger partial charge is 0.326 e. The Hall–Kier alpha value is -1.17. The molecule has 4 aliphatic carbocycles. The van der Waals surface area contributed by atoms with Crippen LogP contribution in [-0.2, 0) is 14.8 Å². The van der Waals surface area contributed by atoms with Crippen molar-refractivity contribution in [1.82, 2.24) is 14.9 Å². The maximum atomic E-state index is 12.6. The zero-order valence-corrected chi connectivity index (χ0v) is 16.1. The molecule has 7 nitrogen and oxygen atoms in total. The van der Waals surface area contributed by atoms with E-state index >= 15 is 0 Å². The van der Waals surface area contributed by atoms with Gasteiger partial charge >= 0.3 is 0 Å². The molecule has 26 heavy (non-hydrogen) atoms. The van der Waals surface area contributed by atoms with Crippen LogP contribution in [-0.4, -0.2) is 55.7 Å². The monoisotopic (exact) mass is 380 g/mol. The summed E-state index contributed by atoms with van der Waals surface area (Å²) in [7, 11) is -3.26. The quantitative estimate of drug-likeness (QED) is 0.732. The number of nitrogens with one attached hydrogen (secondary N) is 2. The third-order valence-corrected chi connectivity index (χ3v) is 7.60. The fourth-order valence-corrected chi connectivity index (χ4v) is 7.57. The molecule has 0 aromatic heterocycles. The third kappa shape index (κ3) is 3.37. The van der Waals surface area contributed by atoms with Gasteiger partial charge in [0.25, 0.3) is 0 Å². The number of rotatable bonds is 5. The van der Waals surface area contributed by atoms with Crippen molar-refractivity contribution in [2.45, 2.75) is 68.5 Å². The highest BCUT2D eigenvalue weighted by atomic mass is 32.2. The smallest absolute Gasteiger partial charge is 0.237 e. The minimum atomic E-state index is -3.26. The molecular weight excluding hydrogens is 352 g/mol. The number of nitrogens with zero attached hydrogens (tertiary/aromatic N) is 2. The second kappa shape index (κ2) is 6.18. The molecule has 1 saturated heterocycles. The van der Waals surface area contributed by atoms with E-state index in [2.05, 4.69) is 16.1 Å². The van der Waals surface area contributed by atoms with Crippen molar-refractivity contribution in [2.75, 3.05) is 19.3 Å². The van der Waals surface area contributed by atoms with Gasteiger partial charge in [0.1, 0.15) is 6.04 Å². The van der Waals surface area contributed by atoms with E-state index < -0.39 is 10.0 Å². The van der Waals surface area contributed by atoms with Gasteiger partial charge in [0.15, 0.2) is 0 Å². The number of carbonyl (C=O) groups excluding carboxylic acids is 1. The van der Waals surface area contributed by atoms with Crippen molar-refractivity contribution in [3.05, 3.63) is 0 Å². The van der Waals surface area contributed by atoms with E-state index in [0.29, 0.717) is 18.4 Å². The predicted octanol–water partition coefficient (Wildman–Crippen LogP) is 0.731. The zero-order valence-electron chi connectivity index (χ0n) is 15.3. The van der Waals surface area contributed by atoms with Crippen LogP contribution in [0, 0.1) is 23.2 Å². The molecule has 4 bridgehead atoms. The Labute approximate surface area is 155 Å². The first-order chi connectivity index (χ1) is 12.2. The lowest BCUT2D eigenvalue weighted by molar-refractivity contribution is -0.131. The molecule has 0 spiro atoms. The summed E-state index contributed by atoms with van der Waals surface area (Å²) in [5.41, 5.74) is -0.504. The Balaban J connectivity index is 1.46. The van der Waals surface area contributed by atoms with Gasteiger partial charge in [-0.15, -0.1) is 0 Å². The molecule has 0 aromatic carbocycles. The van der Waals surface area contributed by atoms with Gasteiger partial charge in [-0.3, -0.25) is 4.79 Å². The summed E-state index contributed by atoms with van der Waals surface area (Å²) in [4.78, 5) is 14.3. The van der Waals surface area contributed by atoms with E-state index in [1.807, 2.05) is 0 Å². The number of likely N-dealkylation sites (tertiary alicyclic amines) is 1. The van der Waals surface area contributed by atoms with Gasteiger partial charge in [-0.1, -0.05) is 0 Å². The van der Waals surface area contributed by atoms with Crippen LogP contribution in [0.5, 0.6) is 0 Å². The number of hydrogen-bond donors (Lipinski definition) is 2. The Kier molecular flexibility index (Phi) is 4.33. The fraction of sp³-hybridized carbons (Fsp3) is 0.889. The summed E-state index contributed by atoms with van der Waals surface area (Å²) in [6, 6.07) is 1.93. The van der Waals surface area contributed by atoms with E-state index in [9.17, 15) is 18.5 Å². The SMILES string of the molecule is CS(=O)(=O)NC12CC3CC(CC(NCC(=O)N4CCC[C@H]4C#N)(C3)C1)C2. The maximum absolute atomic E-state index is 12.6. The Bertz CT molecular complexity index is 730. The lowest BCUT2D eigenvalue weighted by Gasteiger charge is -2.62. The van der Waals surface area contributed by atoms with Gasteiger partial charge in [-0.2, -0.15) is 5.26 Å². The van der Waals surface area contributed by atoms with E-state index in [4.69, 9.17) is 0 Å². The van der Waals surface area contributed by atoms with Gasteiger partial charge in [0.2, 0.25) is 15.9 Å². The van der Waals surface area contributed by atoms with E-state index in [-0.39, 0.29) is 29.6 Å². The van der Waals surface area contributed by atoms with Crippen molar-refractivity contribution in [3.8, 4) is 6.07 Å². The van der Waals surface area contributed by atoms with E-state index in [1.54, 1.807) is 4.90 Å². The lowest BCUT2D eigenvalue weighted by Crippen LogP contribution is -2.69. The average Bonchev–Trinajstić information content (AvgIpc) is 2.97. The van der Waals surface area contributed by atoms with Crippen LogP contribution in [0.1, 0.15) is 51.4 Å². The summed E-state index contributed by atoms with van der Waals surface area (Å²) in [5.74, 6) is 1.04. The van der Waals surface area contributed by atoms with Gasteiger partial charge in [0, 0.05) is 17.6 Å². The van der Waals surface area contributed by atoms with Gasteiger partial charge in [0.05, 0.1) is 18.9 Å².